The molecule has 116 heavy (non-hydrogen) atoms. The first-order chi connectivity index (χ1) is 57.2. The molecule has 0 radical (unpaired) electrons. The maximum atomic E-state index is 12.1. The Labute approximate surface area is 751 Å². The summed E-state index contributed by atoms with van der Waals surface area (Å²) in [5.41, 5.74) is 2.48. The zero-order chi connectivity index (χ0) is 76.5. The minimum atomic E-state index is 0.212. The van der Waals surface area contributed by atoms with Gasteiger partial charge in [0, 0.05) is 218 Å². The molecule has 2 nitrogen and oxygen atoms in total. The van der Waals surface area contributed by atoms with Gasteiger partial charge in [-0.1, -0.05) is 18.2 Å². The molecule has 0 saturated heterocycles. The number of hydrogen-bond acceptors (Lipinski definition) is 23. The van der Waals surface area contributed by atoms with Crippen LogP contribution in [0.1, 0.15) is 0 Å². The number of pyridine rings is 1. The van der Waals surface area contributed by atoms with Crippen molar-refractivity contribution in [3.8, 4) is 212 Å². The van der Waals surface area contributed by atoms with Gasteiger partial charge in [0.25, 0.3) is 0 Å². The van der Waals surface area contributed by atoms with Crippen molar-refractivity contribution in [2.45, 2.75) is 0 Å². The molecule has 23 aromatic rings. The number of benzene rings is 1. The predicted octanol–water partition coefficient (Wildman–Crippen LogP) is 38.2. The van der Waals surface area contributed by atoms with E-state index in [1.807, 2.05) is 199 Å². The Balaban J connectivity index is 0.423. The van der Waals surface area contributed by atoms with Gasteiger partial charge in [0.2, 0.25) is 0 Å². The highest BCUT2D eigenvalue weighted by Gasteiger charge is 2.24. The van der Waals surface area contributed by atoms with Crippen LogP contribution in [0, 0.1) is 0 Å². The second kappa shape index (κ2) is 31.1. The van der Waals surface area contributed by atoms with E-state index in [-0.39, 0.29) is 5.75 Å². The van der Waals surface area contributed by atoms with Crippen LogP contribution < -0.4 is 0 Å². The number of fused-ring (bicyclic) bond motifs is 1. The Hall–Kier alpha value is -7.87. The Kier molecular flexibility index (Phi) is 19.6. The van der Waals surface area contributed by atoms with Crippen molar-refractivity contribution in [3.05, 3.63) is 290 Å². The number of phenols is 1. The minimum absolute atomic E-state index is 0.212. The van der Waals surface area contributed by atoms with Crippen LogP contribution in [0.25, 0.3) is 217 Å². The van der Waals surface area contributed by atoms with Gasteiger partial charge in [-0.15, -0.1) is 238 Å². The summed E-state index contributed by atoms with van der Waals surface area (Å²) in [6, 6.07) is 101. The van der Waals surface area contributed by atoms with Crippen LogP contribution in [0.2, 0.25) is 0 Å². The van der Waals surface area contributed by atoms with Gasteiger partial charge in [0.05, 0.1) is 0 Å². The maximum absolute atomic E-state index is 12.1. The summed E-state index contributed by atoms with van der Waals surface area (Å²) in [5, 5.41) is 17.3. The number of thiophene rings is 21. The molecule has 0 fully saturated rings. The third-order valence-corrected chi connectivity index (χ3v) is 45.7. The van der Waals surface area contributed by atoms with Gasteiger partial charge < -0.3 is 5.11 Å². The molecule has 0 unspecified atom stereocenters. The van der Waals surface area contributed by atoms with Crippen molar-refractivity contribution in [1.82, 2.24) is 4.98 Å². The van der Waals surface area contributed by atoms with Gasteiger partial charge in [-0.25, -0.2) is 0 Å². The van der Waals surface area contributed by atoms with Crippen molar-refractivity contribution < 1.29 is 5.11 Å². The van der Waals surface area contributed by atoms with Crippen LogP contribution in [0.4, 0.5) is 0 Å². The Bertz CT molecular complexity index is 7470. The Morgan fingerprint density at radius 2 is 0.328 bits per heavy atom. The fourth-order valence-corrected chi connectivity index (χ4v) is 36.3. The molecule has 0 aliphatic carbocycles. The van der Waals surface area contributed by atoms with E-state index >= 15 is 0 Å². The van der Waals surface area contributed by atoms with Crippen molar-refractivity contribution in [2.75, 3.05) is 0 Å². The molecule has 23 heteroatoms. The van der Waals surface area contributed by atoms with Crippen LogP contribution in [-0.2, 0) is 0 Å². The zero-order valence-corrected chi connectivity index (χ0v) is 76.8. The fourth-order valence-electron chi connectivity index (χ4n) is 13.9. The normalized spacial score (nSPS) is 11.8. The van der Waals surface area contributed by atoms with Crippen LogP contribution in [0.15, 0.2) is 290 Å². The van der Waals surface area contributed by atoms with Gasteiger partial charge in [-0.05, 0) is 266 Å². The van der Waals surface area contributed by atoms with Gasteiger partial charge in [-0.3, -0.25) is 4.98 Å². The number of rotatable bonds is 21. The lowest BCUT2D eigenvalue weighted by molar-refractivity contribution is 0.482. The molecule has 22 heterocycles. The summed E-state index contributed by atoms with van der Waals surface area (Å²) in [6.45, 7) is 0. The lowest BCUT2D eigenvalue weighted by Crippen LogP contribution is -1.86. The number of nitrogens with zero attached hydrogens (tertiary/aromatic N) is 1. The molecule has 0 amide bonds. The summed E-state index contributed by atoms with van der Waals surface area (Å²) in [5.74, 6) is 0.212. The highest BCUT2D eigenvalue weighted by atomic mass is 32.2. The molecule has 23 rings (SSSR count). The maximum Gasteiger partial charge on any atom is 0.150 e. The Morgan fingerprint density at radius 1 is 0.164 bits per heavy atom. The number of aromatic nitrogens is 1. The third kappa shape index (κ3) is 14.1. The molecule has 558 valence electrons. The van der Waals surface area contributed by atoms with Crippen molar-refractivity contribution in [2.24, 2.45) is 0 Å². The molecule has 0 bridgehead atoms. The van der Waals surface area contributed by atoms with Gasteiger partial charge in [-0.2, -0.15) is 0 Å². The minimum Gasteiger partial charge on any atom is -0.505 e. The number of aromatic hydroxyl groups is 1. The standard InChI is InChI=1S/C93H49NOS21/c95-93-51(53-8-10-59(99-53)61-16-18-67(103-61)69-24-26-75(107-69)77-32-34-83(111-77)85-40-42-90(115-85)91-44-43-89(116-91)87-38-36-81(113-87)79-30-28-73(109-79)71-22-20-65(105-71)63-14-12-57(101-63)55-6-3-47-97-55)48-50(49-4-1-45-94-92(49)93)52-7-9-58(98-52)60-15-17-66(102-60)68-23-25-74(106-68)76-31-33-82(110-76)84-39-41-88(114-84)86-37-35-80(112-86)78-29-27-72(108-78)70-21-19-64(104-70)62-13-11-56(100-62)54-5-2-46-96-54/h1-48,95H. The van der Waals surface area contributed by atoms with E-state index in [2.05, 4.69) is 278 Å². The van der Waals surface area contributed by atoms with E-state index in [1.165, 1.54) is 185 Å². The first kappa shape index (κ1) is 73.3. The monoisotopic (exact) mass is 1870 g/mol. The fraction of sp³-hybridized carbons (Fsp3) is 0. The molecule has 0 spiro atoms. The van der Waals surface area contributed by atoms with E-state index in [9.17, 15) is 5.11 Å². The van der Waals surface area contributed by atoms with E-state index in [0.717, 1.165) is 26.3 Å². The first-order valence-corrected chi connectivity index (χ1v) is 53.6. The summed E-state index contributed by atoms with van der Waals surface area (Å²) in [7, 11) is 0. The summed E-state index contributed by atoms with van der Waals surface area (Å²) < 4.78 is 0. The molecule has 0 atom stereocenters. The topological polar surface area (TPSA) is 33.1 Å². The van der Waals surface area contributed by atoms with E-state index in [4.69, 9.17) is 4.98 Å². The van der Waals surface area contributed by atoms with Crippen LogP contribution in [0.3, 0.4) is 0 Å². The first-order valence-electron chi connectivity index (χ1n) is 36.3. The number of phenolic OH excluding ortho intramolecular Hbond substituents is 1. The van der Waals surface area contributed by atoms with Gasteiger partial charge >= 0.3 is 0 Å². The molecule has 1 N–H and O–H groups in total. The summed E-state index contributed by atoms with van der Waals surface area (Å²) >= 11 is 39.0. The van der Waals surface area contributed by atoms with Gasteiger partial charge in [0.1, 0.15) is 11.3 Å². The SMILES string of the molecule is Oc1c(-c2ccc(-c3ccc(-c4ccc(-c5ccc(-c6ccc(-c7ccc(-c8ccc(-c9ccc(-c%10ccc(-c%11ccc(-c%12cccs%12)s%11)s%10)s9)s8)s7)s6)s5)s4)s3)s2)cc(-c2ccc(-c3ccc(-c4ccc(-c5ccc(-c6ccc(-c7ccc(-c8ccc(-c9ccc(-c%10ccc(-c%11cccs%11)s%10)s9)s8)s7)s6)s5)s4)s3)s2)c2cccnc12. The van der Waals surface area contributed by atoms with Crippen LogP contribution >= 0.6 is 238 Å². The molecule has 1 aromatic carbocycles. The molecule has 0 aliphatic heterocycles. The summed E-state index contributed by atoms with van der Waals surface area (Å²) in [6.07, 6.45) is 1.78. The van der Waals surface area contributed by atoms with E-state index in [0.29, 0.717) is 5.52 Å². The largest absolute Gasteiger partial charge is 0.505 e. The highest BCUT2D eigenvalue weighted by molar-refractivity contribution is 7.35. The Morgan fingerprint density at radius 3 is 0.509 bits per heavy atom. The van der Waals surface area contributed by atoms with Crippen molar-refractivity contribution in [3.63, 3.8) is 0 Å². The lowest BCUT2D eigenvalue weighted by Gasteiger charge is -2.11. The highest BCUT2D eigenvalue weighted by Crippen LogP contribution is 2.55. The second-order valence-corrected chi connectivity index (χ2v) is 49.3. The van der Waals surface area contributed by atoms with Crippen molar-refractivity contribution in [1.29, 1.82) is 0 Å². The molecular formula is C93H49NOS21. The summed E-state index contributed by atoms with van der Waals surface area (Å²) in [4.78, 5) is 56.3. The smallest absolute Gasteiger partial charge is 0.150 e. The molecule has 22 aromatic heterocycles. The predicted molar refractivity (Wildman–Crippen MR) is 533 cm³/mol. The average Bonchev–Trinajstić information content (AvgIpc) is 1.66. The average molecular weight is 1870 g/mol. The third-order valence-electron chi connectivity index (χ3n) is 19.6. The van der Waals surface area contributed by atoms with Crippen LogP contribution in [0.5, 0.6) is 5.75 Å². The van der Waals surface area contributed by atoms with Crippen molar-refractivity contribution >= 4 is 249 Å². The number of hydrogen-bond donors (Lipinski definition) is 1. The van der Waals surface area contributed by atoms with E-state index < -0.39 is 0 Å². The zero-order valence-electron chi connectivity index (χ0n) is 59.7. The molecule has 0 aliphatic rings. The lowest BCUT2D eigenvalue weighted by atomic mass is 10.0. The quantitative estimate of drug-likeness (QED) is 0.0778. The molecular weight excluding hydrogens is 1820 g/mol. The van der Waals surface area contributed by atoms with Gasteiger partial charge in [0.15, 0.2) is 0 Å². The molecule has 0 saturated carbocycles. The van der Waals surface area contributed by atoms with E-state index in [1.54, 1.807) is 51.5 Å². The van der Waals surface area contributed by atoms with Crippen LogP contribution in [-0.4, -0.2) is 10.1 Å². The second-order valence-electron chi connectivity index (χ2n) is 26.8.